The molecule has 2 aromatic rings. The van der Waals surface area contributed by atoms with Crippen molar-refractivity contribution in [2.45, 2.75) is 6.10 Å². The van der Waals surface area contributed by atoms with Crippen LogP contribution in [0.1, 0.15) is 22.0 Å². The lowest BCUT2D eigenvalue weighted by Crippen LogP contribution is -2.42. The quantitative estimate of drug-likeness (QED) is 0.846. The Morgan fingerprint density at radius 3 is 2.81 bits per heavy atom. The molecule has 0 saturated carbocycles. The van der Waals surface area contributed by atoms with Gasteiger partial charge in [0.25, 0.3) is 5.91 Å². The first-order valence-corrected chi connectivity index (χ1v) is 6.78. The van der Waals surface area contributed by atoms with Crippen molar-refractivity contribution in [3.05, 3.63) is 53.6 Å². The van der Waals surface area contributed by atoms with Crippen LogP contribution in [0.5, 0.6) is 0 Å². The van der Waals surface area contributed by atoms with E-state index in [0.717, 1.165) is 5.56 Å². The number of rotatable bonds is 2. The van der Waals surface area contributed by atoms with Crippen molar-refractivity contribution >= 4 is 5.91 Å². The third kappa shape index (κ3) is 2.95. The standard InChI is InChI=1S/C15H16FN3O2/c1-18-9-12(8-17-18)15(20)19-6-7-21-14(10-19)11-2-4-13(16)5-3-11/h2-5,8-9,14H,6-7,10H2,1H3/t14-/m0/s1. The summed E-state index contributed by atoms with van der Waals surface area (Å²) < 4.78 is 20.3. The van der Waals surface area contributed by atoms with Crippen LogP contribution >= 0.6 is 0 Å². The highest BCUT2D eigenvalue weighted by Crippen LogP contribution is 2.23. The highest BCUT2D eigenvalue weighted by Gasteiger charge is 2.26. The second-order valence-electron chi connectivity index (χ2n) is 5.06. The van der Waals surface area contributed by atoms with Crippen LogP contribution in [0.3, 0.4) is 0 Å². The van der Waals surface area contributed by atoms with Crippen molar-refractivity contribution < 1.29 is 13.9 Å². The summed E-state index contributed by atoms with van der Waals surface area (Å²) in [5, 5.41) is 4.02. The molecule has 1 amide bonds. The average Bonchev–Trinajstić information content (AvgIpc) is 2.94. The number of hydrogen-bond donors (Lipinski definition) is 0. The number of carbonyl (C=O) groups excluding carboxylic acids is 1. The summed E-state index contributed by atoms with van der Waals surface area (Å²) in [5.41, 5.74) is 1.44. The van der Waals surface area contributed by atoms with E-state index in [-0.39, 0.29) is 17.8 Å². The van der Waals surface area contributed by atoms with E-state index in [1.807, 2.05) is 0 Å². The Kier molecular flexibility index (Phi) is 3.70. The molecule has 0 bridgehead atoms. The smallest absolute Gasteiger partial charge is 0.257 e. The topological polar surface area (TPSA) is 47.4 Å². The minimum atomic E-state index is -0.280. The molecule has 1 saturated heterocycles. The second-order valence-corrected chi connectivity index (χ2v) is 5.06. The van der Waals surface area contributed by atoms with Gasteiger partial charge in [-0.15, -0.1) is 0 Å². The maximum Gasteiger partial charge on any atom is 0.257 e. The zero-order chi connectivity index (χ0) is 14.8. The number of nitrogens with zero attached hydrogens (tertiary/aromatic N) is 3. The van der Waals surface area contributed by atoms with Crippen LogP contribution in [0.4, 0.5) is 4.39 Å². The van der Waals surface area contributed by atoms with Gasteiger partial charge in [-0.25, -0.2) is 4.39 Å². The summed E-state index contributed by atoms with van der Waals surface area (Å²) >= 11 is 0. The predicted molar refractivity (Wildman–Crippen MR) is 74.2 cm³/mol. The summed E-state index contributed by atoms with van der Waals surface area (Å²) in [4.78, 5) is 14.1. The summed E-state index contributed by atoms with van der Waals surface area (Å²) in [5.74, 6) is -0.337. The first-order chi connectivity index (χ1) is 10.1. The van der Waals surface area contributed by atoms with Crippen molar-refractivity contribution in [1.29, 1.82) is 0 Å². The van der Waals surface area contributed by atoms with Crippen LogP contribution in [0, 0.1) is 5.82 Å². The normalized spacial score (nSPS) is 18.8. The first-order valence-electron chi connectivity index (χ1n) is 6.78. The van der Waals surface area contributed by atoms with Crippen LogP contribution in [0.2, 0.25) is 0 Å². The highest BCUT2D eigenvalue weighted by atomic mass is 19.1. The number of halogens is 1. The molecule has 0 aliphatic carbocycles. The zero-order valence-electron chi connectivity index (χ0n) is 11.7. The molecule has 1 fully saturated rings. The lowest BCUT2D eigenvalue weighted by Gasteiger charge is -2.33. The van der Waals surface area contributed by atoms with Gasteiger partial charge in [0.15, 0.2) is 0 Å². The average molecular weight is 289 g/mol. The predicted octanol–water partition coefficient (Wildman–Crippen LogP) is 1.77. The number of morpholine rings is 1. The van der Waals surface area contributed by atoms with Gasteiger partial charge in [-0.05, 0) is 17.7 Å². The van der Waals surface area contributed by atoms with E-state index in [0.29, 0.717) is 25.3 Å². The molecule has 3 rings (SSSR count). The lowest BCUT2D eigenvalue weighted by molar-refractivity contribution is -0.0228. The number of aryl methyl sites for hydroxylation is 1. The SMILES string of the molecule is Cn1cc(C(=O)N2CCO[C@H](c3ccc(F)cc3)C2)cn1. The monoisotopic (exact) mass is 289 g/mol. The second kappa shape index (κ2) is 5.65. The first kappa shape index (κ1) is 13.8. The zero-order valence-corrected chi connectivity index (χ0v) is 11.7. The van der Waals surface area contributed by atoms with Crippen molar-refractivity contribution in [1.82, 2.24) is 14.7 Å². The van der Waals surface area contributed by atoms with Crippen LogP contribution in [-0.4, -0.2) is 40.3 Å². The molecular formula is C15H16FN3O2. The molecule has 21 heavy (non-hydrogen) atoms. The number of carbonyl (C=O) groups is 1. The molecule has 0 radical (unpaired) electrons. The number of ether oxygens (including phenoxy) is 1. The number of amides is 1. The maximum atomic E-state index is 13.0. The highest BCUT2D eigenvalue weighted by molar-refractivity contribution is 5.93. The van der Waals surface area contributed by atoms with E-state index in [1.165, 1.54) is 12.1 Å². The fraction of sp³-hybridized carbons (Fsp3) is 0.333. The maximum absolute atomic E-state index is 13.0. The van der Waals surface area contributed by atoms with Gasteiger partial charge in [-0.1, -0.05) is 12.1 Å². The van der Waals surface area contributed by atoms with Gasteiger partial charge < -0.3 is 9.64 Å². The van der Waals surface area contributed by atoms with Gasteiger partial charge in [0.1, 0.15) is 11.9 Å². The van der Waals surface area contributed by atoms with E-state index >= 15 is 0 Å². The summed E-state index contributed by atoms with van der Waals surface area (Å²) in [6, 6.07) is 6.19. The molecule has 1 aliphatic rings. The molecule has 0 spiro atoms. The summed E-state index contributed by atoms with van der Waals surface area (Å²) in [6.07, 6.45) is 3.04. The molecule has 0 unspecified atom stereocenters. The van der Waals surface area contributed by atoms with E-state index < -0.39 is 0 Å². The van der Waals surface area contributed by atoms with E-state index in [4.69, 9.17) is 4.74 Å². The van der Waals surface area contributed by atoms with Gasteiger partial charge in [-0.2, -0.15) is 5.10 Å². The third-order valence-electron chi connectivity index (χ3n) is 3.55. The molecule has 2 heterocycles. The molecular weight excluding hydrogens is 273 g/mol. The molecule has 6 heteroatoms. The van der Waals surface area contributed by atoms with E-state index in [2.05, 4.69) is 5.10 Å². The largest absolute Gasteiger partial charge is 0.370 e. The molecule has 110 valence electrons. The Morgan fingerprint density at radius 1 is 1.38 bits per heavy atom. The van der Waals surface area contributed by atoms with Gasteiger partial charge in [0, 0.05) is 19.8 Å². The molecule has 1 aliphatic heterocycles. The fourth-order valence-electron chi connectivity index (χ4n) is 2.43. The summed E-state index contributed by atoms with van der Waals surface area (Å²) in [7, 11) is 1.78. The van der Waals surface area contributed by atoms with Crippen LogP contribution < -0.4 is 0 Å². The molecule has 1 aromatic heterocycles. The van der Waals surface area contributed by atoms with Crippen molar-refractivity contribution in [3.8, 4) is 0 Å². The molecule has 1 aromatic carbocycles. The Labute approximate surface area is 121 Å². The van der Waals surface area contributed by atoms with E-state index in [1.54, 1.807) is 41.2 Å². The van der Waals surface area contributed by atoms with Crippen LogP contribution in [-0.2, 0) is 11.8 Å². The Bertz CT molecular complexity index is 639. The summed E-state index contributed by atoms with van der Waals surface area (Å²) in [6.45, 7) is 1.47. The minimum Gasteiger partial charge on any atom is -0.370 e. The Balaban J connectivity index is 1.73. The Hall–Kier alpha value is -2.21. The van der Waals surface area contributed by atoms with Gasteiger partial charge in [0.05, 0.1) is 24.9 Å². The third-order valence-corrected chi connectivity index (χ3v) is 3.55. The number of benzene rings is 1. The fourth-order valence-corrected chi connectivity index (χ4v) is 2.43. The minimum absolute atomic E-state index is 0.0569. The van der Waals surface area contributed by atoms with Crippen molar-refractivity contribution in [2.24, 2.45) is 7.05 Å². The van der Waals surface area contributed by atoms with Gasteiger partial charge in [-0.3, -0.25) is 9.48 Å². The van der Waals surface area contributed by atoms with Crippen molar-refractivity contribution in [2.75, 3.05) is 19.7 Å². The van der Waals surface area contributed by atoms with Crippen molar-refractivity contribution in [3.63, 3.8) is 0 Å². The molecule has 5 nitrogen and oxygen atoms in total. The molecule has 0 N–H and O–H groups in total. The van der Waals surface area contributed by atoms with Crippen LogP contribution in [0.15, 0.2) is 36.7 Å². The Morgan fingerprint density at radius 2 is 2.14 bits per heavy atom. The molecule has 1 atom stereocenters. The van der Waals surface area contributed by atoms with Gasteiger partial charge in [0.2, 0.25) is 0 Å². The number of hydrogen-bond acceptors (Lipinski definition) is 3. The number of aromatic nitrogens is 2. The lowest BCUT2D eigenvalue weighted by atomic mass is 10.1. The van der Waals surface area contributed by atoms with Crippen LogP contribution in [0.25, 0.3) is 0 Å². The van der Waals surface area contributed by atoms with E-state index in [9.17, 15) is 9.18 Å². The van der Waals surface area contributed by atoms with Gasteiger partial charge >= 0.3 is 0 Å².